The molecule has 4 nitrogen and oxygen atoms in total. The summed E-state index contributed by atoms with van der Waals surface area (Å²) in [6.45, 7) is 7.03. The number of rotatable bonds is 1. The molecule has 0 spiro atoms. The van der Waals surface area contributed by atoms with Gasteiger partial charge in [-0.1, -0.05) is 0 Å². The molecule has 0 aromatic rings. The second-order valence-electron chi connectivity index (χ2n) is 3.55. The average molecular weight is 170 g/mol. The SMILES string of the molecule is C[C@H](C#N)OC(=O)NC(C)(C)C. The lowest BCUT2D eigenvalue weighted by molar-refractivity contribution is 0.122. The van der Waals surface area contributed by atoms with Crippen molar-refractivity contribution in [2.45, 2.75) is 39.3 Å². The number of hydrogen-bond acceptors (Lipinski definition) is 3. The number of carbonyl (C=O) groups is 1. The monoisotopic (exact) mass is 170 g/mol. The molecule has 1 N–H and O–H groups in total. The van der Waals surface area contributed by atoms with Gasteiger partial charge in [-0.3, -0.25) is 0 Å². The summed E-state index contributed by atoms with van der Waals surface area (Å²) in [5.74, 6) is 0. The van der Waals surface area contributed by atoms with E-state index in [1.54, 1.807) is 6.07 Å². The van der Waals surface area contributed by atoms with E-state index >= 15 is 0 Å². The number of nitrogens with one attached hydrogen (secondary N) is 1. The van der Waals surface area contributed by atoms with Crippen molar-refractivity contribution in [3.8, 4) is 6.07 Å². The number of nitrogens with zero attached hydrogens (tertiary/aromatic N) is 1. The van der Waals surface area contributed by atoms with Gasteiger partial charge in [0.05, 0.1) is 0 Å². The van der Waals surface area contributed by atoms with Crippen molar-refractivity contribution in [1.29, 1.82) is 5.26 Å². The molecule has 0 heterocycles. The van der Waals surface area contributed by atoms with E-state index in [0.717, 1.165) is 0 Å². The van der Waals surface area contributed by atoms with Crippen LogP contribution in [0, 0.1) is 11.3 Å². The Balaban J connectivity index is 3.85. The molecule has 0 rings (SSSR count). The summed E-state index contributed by atoms with van der Waals surface area (Å²) in [5, 5.41) is 10.9. The molecule has 12 heavy (non-hydrogen) atoms. The number of amides is 1. The summed E-state index contributed by atoms with van der Waals surface area (Å²) in [6, 6.07) is 1.80. The van der Waals surface area contributed by atoms with Gasteiger partial charge in [0.1, 0.15) is 6.07 Å². The smallest absolute Gasteiger partial charge is 0.408 e. The lowest BCUT2D eigenvalue weighted by Crippen LogP contribution is -2.41. The first kappa shape index (κ1) is 10.8. The van der Waals surface area contributed by atoms with Crippen LogP contribution in [0.4, 0.5) is 4.79 Å². The zero-order valence-corrected chi connectivity index (χ0v) is 7.84. The van der Waals surface area contributed by atoms with Crippen LogP contribution in [-0.4, -0.2) is 17.7 Å². The van der Waals surface area contributed by atoms with Crippen molar-refractivity contribution >= 4 is 6.09 Å². The van der Waals surface area contributed by atoms with E-state index in [-0.39, 0.29) is 5.54 Å². The molecule has 0 saturated carbocycles. The van der Waals surface area contributed by atoms with E-state index < -0.39 is 12.2 Å². The Morgan fingerprint density at radius 2 is 2.08 bits per heavy atom. The summed E-state index contributed by atoms with van der Waals surface area (Å²) in [7, 11) is 0. The standard InChI is InChI=1S/C8H14N2O2/c1-6(5-9)12-7(11)10-8(2,3)4/h6H,1-4H3,(H,10,11)/t6-/m1/s1. The fourth-order valence-electron chi connectivity index (χ4n) is 0.523. The highest BCUT2D eigenvalue weighted by Crippen LogP contribution is 2.00. The Bertz CT molecular complexity index is 200. The molecule has 0 bridgehead atoms. The Morgan fingerprint density at radius 3 is 2.42 bits per heavy atom. The molecule has 1 amide bonds. The normalized spacial score (nSPS) is 12.9. The minimum absolute atomic E-state index is 0.327. The third-order valence-electron chi connectivity index (χ3n) is 0.943. The summed E-state index contributed by atoms with van der Waals surface area (Å²) >= 11 is 0. The highest BCUT2D eigenvalue weighted by Gasteiger charge is 2.16. The van der Waals surface area contributed by atoms with Gasteiger partial charge in [0.25, 0.3) is 0 Å². The summed E-state index contributed by atoms with van der Waals surface area (Å²) < 4.78 is 4.66. The van der Waals surface area contributed by atoms with E-state index in [4.69, 9.17) is 5.26 Å². The summed E-state index contributed by atoms with van der Waals surface area (Å²) in [5.41, 5.74) is -0.327. The highest BCUT2D eigenvalue weighted by atomic mass is 16.6. The average Bonchev–Trinajstić information content (AvgIpc) is 1.82. The maximum atomic E-state index is 10.9. The van der Waals surface area contributed by atoms with Crippen molar-refractivity contribution in [2.75, 3.05) is 0 Å². The lowest BCUT2D eigenvalue weighted by Gasteiger charge is -2.20. The largest absolute Gasteiger partial charge is 0.431 e. The van der Waals surface area contributed by atoms with Gasteiger partial charge < -0.3 is 10.1 Å². The molecule has 0 aliphatic heterocycles. The molecule has 0 fully saturated rings. The maximum absolute atomic E-state index is 10.9. The van der Waals surface area contributed by atoms with E-state index in [9.17, 15) is 4.79 Å². The number of alkyl carbamates (subject to hydrolysis) is 1. The molecule has 0 saturated heterocycles. The molecule has 4 heteroatoms. The Labute approximate surface area is 72.5 Å². The van der Waals surface area contributed by atoms with Crippen molar-refractivity contribution in [2.24, 2.45) is 0 Å². The van der Waals surface area contributed by atoms with E-state index in [1.807, 2.05) is 20.8 Å². The fraction of sp³-hybridized carbons (Fsp3) is 0.750. The topological polar surface area (TPSA) is 62.1 Å². The van der Waals surface area contributed by atoms with E-state index in [0.29, 0.717) is 0 Å². The minimum Gasteiger partial charge on any atom is -0.431 e. The molecule has 68 valence electrons. The van der Waals surface area contributed by atoms with Crippen LogP contribution >= 0.6 is 0 Å². The molecule has 0 unspecified atom stereocenters. The van der Waals surface area contributed by atoms with Gasteiger partial charge in [-0.05, 0) is 27.7 Å². The number of ether oxygens (including phenoxy) is 1. The van der Waals surface area contributed by atoms with Gasteiger partial charge >= 0.3 is 6.09 Å². The van der Waals surface area contributed by atoms with E-state index in [2.05, 4.69) is 10.1 Å². The van der Waals surface area contributed by atoms with Gasteiger partial charge in [-0.25, -0.2) is 4.79 Å². The van der Waals surface area contributed by atoms with Crippen LogP contribution in [0.3, 0.4) is 0 Å². The molecule has 0 aliphatic rings. The third-order valence-corrected chi connectivity index (χ3v) is 0.943. The van der Waals surface area contributed by atoms with Crippen LogP contribution in [-0.2, 0) is 4.74 Å². The predicted octanol–water partition coefficient (Wildman–Crippen LogP) is 1.42. The zero-order valence-electron chi connectivity index (χ0n) is 7.84. The molecule has 0 aromatic heterocycles. The first-order chi connectivity index (χ1) is 5.35. The molecular formula is C8H14N2O2. The molecule has 0 aliphatic carbocycles. The number of nitriles is 1. The van der Waals surface area contributed by atoms with Crippen LogP contribution in [0.15, 0.2) is 0 Å². The molecule has 1 atom stereocenters. The Hall–Kier alpha value is -1.24. The van der Waals surface area contributed by atoms with Gasteiger partial charge in [-0.15, -0.1) is 0 Å². The van der Waals surface area contributed by atoms with Gasteiger partial charge in [0.15, 0.2) is 6.10 Å². The van der Waals surface area contributed by atoms with Crippen LogP contribution in [0.2, 0.25) is 0 Å². The quantitative estimate of drug-likeness (QED) is 0.647. The second kappa shape index (κ2) is 3.96. The van der Waals surface area contributed by atoms with Crippen molar-refractivity contribution < 1.29 is 9.53 Å². The summed E-state index contributed by atoms with van der Waals surface area (Å²) in [6.07, 6.45) is -1.26. The van der Waals surface area contributed by atoms with Crippen LogP contribution in [0.5, 0.6) is 0 Å². The van der Waals surface area contributed by atoms with Crippen LogP contribution in [0.1, 0.15) is 27.7 Å². The zero-order chi connectivity index (χ0) is 9.78. The Kier molecular flexibility index (Phi) is 3.55. The third kappa shape index (κ3) is 5.54. The minimum atomic E-state index is -0.702. The van der Waals surface area contributed by atoms with Crippen molar-refractivity contribution in [3.05, 3.63) is 0 Å². The maximum Gasteiger partial charge on any atom is 0.408 e. The Morgan fingerprint density at radius 1 is 1.58 bits per heavy atom. The molecule has 0 aromatic carbocycles. The van der Waals surface area contributed by atoms with Gasteiger partial charge in [0, 0.05) is 5.54 Å². The van der Waals surface area contributed by atoms with Crippen molar-refractivity contribution in [3.63, 3.8) is 0 Å². The first-order valence-electron chi connectivity index (χ1n) is 3.73. The predicted molar refractivity (Wildman–Crippen MR) is 44.4 cm³/mol. The molecule has 0 radical (unpaired) electrons. The summed E-state index contributed by atoms with van der Waals surface area (Å²) in [4.78, 5) is 10.9. The number of hydrogen-bond donors (Lipinski definition) is 1. The van der Waals surface area contributed by atoms with Crippen molar-refractivity contribution in [1.82, 2.24) is 5.32 Å². The van der Waals surface area contributed by atoms with E-state index in [1.165, 1.54) is 6.92 Å². The molecular weight excluding hydrogens is 156 g/mol. The van der Waals surface area contributed by atoms with Gasteiger partial charge in [-0.2, -0.15) is 5.26 Å². The van der Waals surface area contributed by atoms with Crippen LogP contribution in [0.25, 0.3) is 0 Å². The lowest BCUT2D eigenvalue weighted by atomic mass is 10.1. The highest BCUT2D eigenvalue weighted by molar-refractivity contribution is 5.68. The second-order valence-corrected chi connectivity index (χ2v) is 3.55. The van der Waals surface area contributed by atoms with Gasteiger partial charge in [0.2, 0.25) is 0 Å². The van der Waals surface area contributed by atoms with Crippen LogP contribution < -0.4 is 5.32 Å². The number of carbonyl (C=O) groups excluding carboxylic acids is 1. The first-order valence-corrected chi connectivity index (χ1v) is 3.73. The fourth-order valence-corrected chi connectivity index (χ4v) is 0.523.